The van der Waals surface area contributed by atoms with Gasteiger partial charge in [0, 0.05) is 56.9 Å². The summed E-state index contributed by atoms with van der Waals surface area (Å²) in [7, 11) is 1.79. The predicted octanol–water partition coefficient (Wildman–Crippen LogP) is 1.59. The Kier molecular flexibility index (Phi) is 6.02. The molecule has 9 heteroatoms. The first-order valence-electron chi connectivity index (χ1n) is 11.1. The molecule has 0 bridgehead atoms. The molecule has 9 nitrogen and oxygen atoms in total. The van der Waals surface area contributed by atoms with E-state index in [1.54, 1.807) is 36.8 Å². The second-order valence-corrected chi connectivity index (χ2v) is 8.46. The Morgan fingerprint density at radius 2 is 1.90 bits per heavy atom. The van der Waals surface area contributed by atoms with Crippen molar-refractivity contribution in [2.45, 2.75) is 45.6 Å². The Morgan fingerprint density at radius 3 is 2.55 bits per heavy atom. The summed E-state index contributed by atoms with van der Waals surface area (Å²) >= 11 is 0. The van der Waals surface area contributed by atoms with Gasteiger partial charge in [0.15, 0.2) is 5.69 Å². The van der Waals surface area contributed by atoms with E-state index in [0.29, 0.717) is 37.6 Å². The van der Waals surface area contributed by atoms with Gasteiger partial charge in [0.2, 0.25) is 0 Å². The first kappa shape index (κ1) is 21.4. The highest BCUT2D eigenvalue weighted by Gasteiger charge is 2.46. The minimum atomic E-state index is -0.546. The van der Waals surface area contributed by atoms with Crippen LogP contribution in [0.4, 0.5) is 0 Å². The van der Waals surface area contributed by atoms with Gasteiger partial charge in [0.05, 0.1) is 6.61 Å². The van der Waals surface area contributed by atoms with Crippen molar-refractivity contribution in [3.63, 3.8) is 0 Å². The van der Waals surface area contributed by atoms with Crippen molar-refractivity contribution in [2.24, 2.45) is 5.92 Å². The van der Waals surface area contributed by atoms with E-state index in [4.69, 9.17) is 9.26 Å². The van der Waals surface area contributed by atoms with Crippen molar-refractivity contribution < 1.29 is 23.6 Å². The van der Waals surface area contributed by atoms with Crippen LogP contribution in [-0.2, 0) is 14.3 Å². The van der Waals surface area contributed by atoms with E-state index in [2.05, 4.69) is 10.1 Å². The minimum absolute atomic E-state index is 0.104. The summed E-state index contributed by atoms with van der Waals surface area (Å²) in [5.41, 5.74) is 1.29. The number of likely N-dealkylation sites (N-methyl/N-ethyl adjacent to an activating group) is 1. The van der Waals surface area contributed by atoms with Crippen LogP contribution >= 0.6 is 0 Å². The SMILES string of the molecule is CCOC(=O)C1=C(N2CCN(C(=O)c3cc(C)on3)CC2)C2CCCCC2N(C)C1=O. The summed E-state index contributed by atoms with van der Waals surface area (Å²) in [6, 6.07) is 1.74. The number of piperazine rings is 1. The highest BCUT2D eigenvalue weighted by atomic mass is 16.5. The van der Waals surface area contributed by atoms with Crippen LogP contribution in [0.1, 0.15) is 48.9 Å². The summed E-state index contributed by atoms with van der Waals surface area (Å²) in [5, 5.41) is 3.83. The molecule has 2 atom stereocenters. The molecule has 2 amide bonds. The van der Waals surface area contributed by atoms with Crippen LogP contribution in [0.3, 0.4) is 0 Å². The van der Waals surface area contributed by atoms with E-state index in [0.717, 1.165) is 31.4 Å². The van der Waals surface area contributed by atoms with Crippen molar-refractivity contribution in [1.82, 2.24) is 19.9 Å². The van der Waals surface area contributed by atoms with E-state index in [1.807, 2.05) is 0 Å². The highest BCUT2D eigenvalue weighted by Crippen LogP contribution is 2.40. The van der Waals surface area contributed by atoms with E-state index >= 15 is 0 Å². The van der Waals surface area contributed by atoms with Crippen molar-refractivity contribution in [3.05, 3.63) is 28.8 Å². The first-order valence-corrected chi connectivity index (χ1v) is 11.1. The molecule has 2 fully saturated rings. The summed E-state index contributed by atoms with van der Waals surface area (Å²) in [6.45, 7) is 5.82. The zero-order valence-electron chi connectivity index (χ0n) is 18.4. The average Bonchev–Trinajstić information content (AvgIpc) is 3.22. The molecular formula is C22H30N4O5. The van der Waals surface area contributed by atoms with Gasteiger partial charge >= 0.3 is 5.97 Å². The zero-order valence-corrected chi connectivity index (χ0v) is 18.4. The maximum atomic E-state index is 13.2. The summed E-state index contributed by atoms with van der Waals surface area (Å²) in [5.74, 6) is -0.245. The number of ether oxygens (including phenoxy) is 1. The molecule has 3 heterocycles. The van der Waals surface area contributed by atoms with Crippen molar-refractivity contribution in [1.29, 1.82) is 0 Å². The molecule has 168 valence electrons. The number of hydrogen-bond donors (Lipinski definition) is 0. The number of carbonyl (C=O) groups excluding carboxylic acids is 3. The van der Waals surface area contributed by atoms with Crippen molar-refractivity contribution in [3.8, 4) is 0 Å². The van der Waals surface area contributed by atoms with E-state index in [-0.39, 0.29) is 36.0 Å². The van der Waals surface area contributed by atoms with Gasteiger partial charge in [-0.25, -0.2) is 4.79 Å². The molecule has 2 aliphatic heterocycles. The van der Waals surface area contributed by atoms with Gasteiger partial charge in [-0.1, -0.05) is 18.0 Å². The van der Waals surface area contributed by atoms with Crippen LogP contribution in [0, 0.1) is 12.8 Å². The van der Waals surface area contributed by atoms with Crippen LogP contribution in [0.15, 0.2) is 21.9 Å². The van der Waals surface area contributed by atoms with Crippen LogP contribution in [-0.4, -0.2) is 83.5 Å². The molecule has 4 rings (SSSR count). The standard InChI is InChI=1S/C22H30N4O5/c1-4-30-22(29)18-19(15-7-5-6-8-17(15)24(3)21(18)28)25-9-11-26(12-10-25)20(27)16-13-14(2)31-23-16/h13,15,17H,4-12H2,1-3H3. The van der Waals surface area contributed by atoms with Crippen molar-refractivity contribution in [2.75, 3.05) is 39.8 Å². The summed E-state index contributed by atoms with van der Waals surface area (Å²) < 4.78 is 10.3. The number of hydrogen-bond acceptors (Lipinski definition) is 7. The second kappa shape index (κ2) is 8.72. The van der Waals surface area contributed by atoms with E-state index in [9.17, 15) is 14.4 Å². The maximum absolute atomic E-state index is 13.2. The summed E-state index contributed by atoms with van der Waals surface area (Å²) in [6.07, 6.45) is 4.04. The van der Waals surface area contributed by atoms with Crippen LogP contribution < -0.4 is 0 Å². The summed E-state index contributed by atoms with van der Waals surface area (Å²) in [4.78, 5) is 44.3. The van der Waals surface area contributed by atoms with Gasteiger partial charge in [0.25, 0.3) is 11.8 Å². The van der Waals surface area contributed by atoms with Gasteiger partial charge in [-0.15, -0.1) is 0 Å². The third kappa shape index (κ3) is 3.93. The molecule has 0 spiro atoms. The Balaban J connectivity index is 1.59. The lowest BCUT2D eigenvalue weighted by molar-refractivity contribution is -0.144. The molecular weight excluding hydrogens is 400 g/mol. The maximum Gasteiger partial charge on any atom is 0.345 e. The van der Waals surface area contributed by atoms with Crippen LogP contribution in [0.25, 0.3) is 0 Å². The third-order valence-electron chi connectivity index (χ3n) is 6.60. The van der Waals surface area contributed by atoms with Crippen LogP contribution in [0.2, 0.25) is 0 Å². The first-order chi connectivity index (χ1) is 14.9. The third-order valence-corrected chi connectivity index (χ3v) is 6.60. The normalized spacial score (nSPS) is 24.4. The lowest BCUT2D eigenvalue weighted by Gasteiger charge is -2.48. The zero-order chi connectivity index (χ0) is 22.1. The second-order valence-electron chi connectivity index (χ2n) is 8.46. The molecule has 1 saturated heterocycles. The molecule has 1 aliphatic carbocycles. The number of aromatic nitrogens is 1. The molecule has 1 saturated carbocycles. The Hall–Kier alpha value is -2.84. The molecule has 31 heavy (non-hydrogen) atoms. The van der Waals surface area contributed by atoms with Crippen molar-refractivity contribution >= 4 is 17.8 Å². The van der Waals surface area contributed by atoms with Gasteiger partial charge < -0.3 is 24.0 Å². The fraction of sp³-hybridized carbons (Fsp3) is 0.636. The average molecular weight is 431 g/mol. The molecule has 1 aromatic rings. The van der Waals surface area contributed by atoms with E-state index < -0.39 is 5.97 Å². The lowest BCUT2D eigenvalue weighted by Crippen LogP contribution is -2.56. The predicted molar refractivity (Wildman–Crippen MR) is 111 cm³/mol. The Labute approximate surface area is 182 Å². The number of rotatable bonds is 4. The monoisotopic (exact) mass is 430 g/mol. The highest BCUT2D eigenvalue weighted by molar-refractivity contribution is 6.17. The minimum Gasteiger partial charge on any atom is -0.462 e. The Morgan fingerprint density at radius 1 is 1.19 bits per heavy atom. The largest absolute Gasteiger partial charge is 0.462 e. The number of amides is 2. The molecule has 3 aliphatic rings. The Bertz CT molecular complexity index is 899. The van der Waals surface area contributed by atoms with Gasteiger partial charge in [-0.05, 0) is 26.7 Å². The molecule has 0 aromatic carbocycles. The molecule has 0 radical (unpaired) electrons. The lowest BCUT2D eigenvalue weighted by atomic mass is 9.76. The fourth-order valence-corrected chi connectivity index (χ4v) is 5.08. The topological polar surface area (TPSA) is 96.2 Å². The quantitative estimate of drug-likeness (QED) is 0.529. The van der Waals surface area contributed by atoms with Gasteiger partial charge in [-0.2, -0.15) is 0 Å². The number of fused-ring (bicyclic) bond motifs is 1. The molecule has 1 aromatic heterocycles. The molecule has 2 unspecified atom stereocenters. The number of esters is 1. The van der Waals surface area contributed by atoms with Crippen LogP contribution in [0.5, 0.6) is 0 Å². The smallest absolute Gasteiger partial charge is 0.345 e. The fourth-order valence-electron chi connectivity index (χ4n) is 5.08. The van der Waals surface area contributed by atoms with Gasteiger partial charge in [0.1, 0.15) is 11.3 Å². The van der Waals surface area contributed by atoms with E-state index in [1.165, 1.54) is 0 Å². The number of nitrogens with zero attached hydrogens (tertiary/aromatic N) is 4. The molecule has 0 N–H and O–H groups in total. The number of carbonyl (C=O) groups is 3. The van der Waals surface area contributed by atoms with Gasteiger partial charge in [-0.3, -0.25) is 9.59 Å². The number of aryl methyl sites for hydroxylation is 1.